The van der Waals surface area contributed by atoms with Crippen LogP contribution in [0.1, 0.15) is 1.43 Å². The van der Waals surface area contributed by atoms with Crippen molar-refractivity contribution < 1.29 is 67.8 Å². The molecule has 0 aromatic carbocycles. The first-order chi connectivity index (χ1) is 3.15. The molecule has 0 rings (SSSR count). The van der Waals surface area contributed by atoms with Crippen LogP contribution in [-0.2, 0) is 0 Å². The number of hydrogen-bond acceptors (Lipinski definition) is 2. The van der Waals surface area contributed by atoms with Crippen molar-refractivity contribution in [2.75, 3.05) is 14.1 Å². The third-order valence-electron chi connectivity index (χ3n) is 0. The molecule has 0 saturated heterocycles. The van der Waals surface area contributed by atoms with Gasteiger partial charge in [-0.1, -0.05) is 0 Å². The van der Waals surface area contributed by atoms with Gasteiger partial charge in [-0.25, -0.2) is 4.79 Å². The summed E-state index contributed by atoms with van der Waals surface area (Å²) in [6.45, 7) is 0. The molecule has 0 atom stereocenters. The predicted molar refractivity (Wildman–Crippen MR) is 26.7 cm³/mol. The van der Waals surface area contributed by atoms with Crippen molar-refractivity contribution in [3.05, 3.63) is 0 Å². The van der Waals surface area contributed by atoms with Gasteiger partial charge in [0.1, 0.15) is 0 Å². The smallest absolute Gasteiger partial charge is 1.00 e. The van der Waals surface area contributed by atoms with Gasteiger partial charge in [-0.15, -0.1) is 0 Å². The third-order valence-corrected chi connectivity index (χ3v) is 0. The van der Waals surface area contributed by atoms with Gasteiger partial charge in [-0.2, -0.15) is 0 Å². The first-order valence-electron chi connectivity index (χ1n) is 1.65. The molecule has 5 heteroatoms. The molecule has 0 heterocycles. The van der Waals surface area contributed by atoms with Crippen LogP contribution in [0.25, 0.3) is 0 Å². The largest absolute Gasteiger partial charge is 1.00 e. The number of nitrogens with one attached hydrogen (secondary N) is 1. The van der Waals surface area contributed by atoms with Crippen molar-refractivity contribution in [1.29, 1.82) is 0 Å². The first-order valence-corrected chi connectivity index (χ1v) is 1.65. The zero-order valence-corrected chi connectivity index (χ0v) is 8.43. The van der Waals surface area contributed by atoms with E-state index >= 15 is 0 Å². The Hall–Kier alpha value is 0.866. The van der Waals surface area contributed by atoms with Crippen LogP contribution in [0.4, 0.5) is 4.79 Å². The molecule has 0 aliphatic rings. The molecule has 4 nitrogen and oxygen atoms in total. The number of carbonyl (C=O) groups is 1. The maximum absolute atomic E-state index is 8.56. The Bertz CT molecular complexity index is 50.3. The monoisotopic (exact) mass is 147 g/mol. The molecular formula is C3H10KNO3. The summed E-state index contributed by atoms with van der Waals surface area (Å²) in [7, 11) is 3.75. The Balaban J connectivity index is -0.0000000233. The van der Waals surface area contributed by atoms with Gasteiger partial charge in [-0.3, -0.25) is 0 Å². The first kappa shape index (κ1) is 15.9. The summed E-state index contributed by atoms with van der Waals surface area (Å²) in [6, 6.07) is 0. The molecule has 0 unspecified atom stereocenters. The Kier molecular flexibility index (Phi) is 31.2. The topological polar surface area (TPSA) is 69.6 Å². The molecule has 0 fully saturated rings. The van der Waals surface area contributed by atoms with Crippen molar-refractivity contribution in [1.82, 2.24) is 5.32 Å². The molecular weight excluding hydrogens is 137 g/mol. The van der Waals surface area contributed by atoms with Gasteiger partial charge in [0.2, 0.25) is 0 Å². The maximum Gasteiger partial charge on any atom is 1.00 e. The van der Waals surface area contributed by atoms with Crippen molar-refractivity contribution in [2.24, 2.45) is 0 Å². The second-order valence-corrected chi connectivity index (χ2v) is 0.783. The quantitative estimate of drug-likeness (QED) is 0.323. The van der Waals surface area contributed by atoms with Crippen LogP contribution in [0.15, 0.2) is 0 Å². The summed E-state index contributed by atoms with van der Waals surface area (Å²) in [5.74, 6) is 0. The average Bonchev–Trinajstić information content (AvgIpc) is 1.33. The fraction of sp³-hybridized carbons (Fsp3) is 0.667. The number of hydrogen-bond donors (Lipinski definition) is 3. The van der Waals surface area contributed by atoms with Gasteiger partial charge in [0.15, 0.2) is 0 Å². The maximum atomic E-state index is 8.56. The fourth-order valence-electron chi connectivity index (χ4n) is 0. The number of carboxylic acid groups (broad SMARTS) is 2. The Labute approximate surface area is 92.2 Å². The molecule has 0 aromatic rings. The second-order valence-electron chi connectivity index (χ2n) is 0.783. The molecule has 0 saturated carbocycles. The minimum atomic E-state index is -1.83. The van der Waals surface area contributed by atoms with Crippen molar-refractivity contribution in [3.8, 4) is 0 Å². The summed E-state index contributed by atoms with van der Waals surface area (Å²) in [6.07, 6.45) is -1.83. The molecule has 0 amide bonds. The Morgan fingerprint density at radius 3 is 1.50 bits per heavy atom. The van der Waals surface area contributed by atoms with Gasteiger partial charge in [0.25, 0.3) is 0 Å². The molecule has 0 aliphatic heterocycles. The predicted octanol–water partition coefficient (Wildman–Crippen LogP) is -2.83. The molecule has 3 N–H and O–H groups in total. The van der Waals surface area contributed by atoms with Gasteiger partial charge in [0, 0.05) is 0 Å². The molecule has 0 spiro atoms. The summed E-state index contributed by atoms with van der Waals surface area (Å²) >= 11 is 0. The van der Waals surface area contributed by atoms with E-state index in [1.807, 2.05) is 14.1 Å². The van der Waals surface area contributed by atoms with Crippen LogP contribution in [-0.4, -0.2) is 30.5 Å². The van der Waals surface area contributed by atoms with E-state index in [2.05, 4.69) is 5.32 Å². The van der Waals surface area contributed by atoms with E-state index in [-0.39, 0.29) is 52.8 Å². The Morgan fingerprint density at radius 2 is 1.50 bits per heavy atom. The van der Waals surface area contributed by atoms with Crippen molar-refractivity contribution in [2.45, 2.75) is 0 Å². The van der Waals surface area contributed by atoms with Gasteiger partial charge in [0.05, 0.1) is 0 Å². The molecule has 0 radical (unpaired) electrons. The Morgan fingerprint density at radius 1 is 1.50 bits per heavy atom. The van der Waals surface area contributed by atoms with Gasteiger partial charge < -0.3 is 17.0 Å². The molecule has 0 aromatic heterocycles. The van der Waals surface area contributed by atoms with E-state index in [0.29, 0.717) is 0 Å². The van der Waals surface area contributed by atoms with E-state index in [0.717, 1.165) is 0 Å². The van der Waals surface area contributed by atoms with Crippen molar-refractivity contribution >= 4 is 6.16 Å². The van der Waals surface area contributed by atoms with Gasteiger partial charge in [-0.05, 0) is 14.1 Å². The van der Waals surface area contributed by atoms with E-state index in [1.54, 1.807) is 0 Å². The summed E-state index contributed by atoms with van der Waals surface area (Å²) in [5.41, 5.74) is 0. The molecule has 0 aliphatic carbocycles. The van der Waals surface area contributed by atoms with Gasteiger partial charge >= 0.3 is 57.5 Å². The zero-order chi connectivity index (χ0) is 6.28. The van der Waals surface area contributed by atoms with Crippen molar-refractivity contribution in [3.63, 3.8) is 0 Å². The molecule has 46 valence electrons. The fourth-order valence-corrected chi connectivity index (χ4v) is 0. The molecule has 0 bridgehead atoms. The molecule has 8 heavy (non-hydrogen) atoms. The minimum absolute atomic E-state index is 0. The SMILES string of the molecule is CNC.O=C(O)O.[H-].[K+]. The normalized spacial score (nSPS) is 5.25. The van der Waals surface area contributed by atoms with Crippen LogP contribution in [0, 0.1) is 0 Å². The van der Waals surface area contributed by atoms with Crippen LogP contribution < -0.4 is 56.7 Å². The summed E-state index contributed by atoms with van der Waals surface area (Å²) in [5, 5.41) is 16.7. The van der Waals surface area contributed by atoms with Crippen LogP contribution >= 0.6 is 0 Å². The minimum Gasteiger partial charge on any atom is -1.00 e. The van der Waals surface area contributed by atoms with Crippen LogP contribution in [0.2, 0.25) is 0 Å². The standard InChI is InChI=1S/C2H7N.CH2O3.K.H/c1-3-2;2-1(3)4;;/h3H,1-2H3;(H2,2,3,4);;/q;;+1;-1. The second kappa shape index (κ2) is 15.7. The average molecular weight is 147 g/mol. The summed E-state index contributed by atoms with van der Waals surface area (Å²) in [4.78, 5) is 8.56. The number of rotatable bonds is 0. The van der Waals surface area contributed by atoms with Crippen LogP contribution in [0.5, 0.6) is 0 Å². The van der Waals surface area contributed by atoms with E-state index < -0.39 is 6.16 Å². The zero-order valence-electron chi connectivity index (χ0n) is 6.30. The van der Waals surface area contributed by atoms with E-state index in [9.17, 15) is 0 Å². The summed E-state index contributed by atoms with van der Waals surface area (Å²) < 4.78 is 0. The third kappa shape index (κ3) is 315. The van der Waals surface area contributed by atoms with E-state index in [4.69, 9.17) is 15.0 Å². The van der Waals surface area contributed by atoms with E-state index in [1.165, 1.54) is 0 Å². The van der Waals surface area contributed by atoms with Crippen LogP contribution in [0.3, 0.4) is 0 Å².